The number of aryl methyl sites for hydroxylation is 2. The Morgan fingerprint density at radius 3 is 2.56 bits per heavy atom. The summed E-state index contributed by atoms with van der Waals surface area (Å²) in [6.45, 7) is 6.36. The van der Waals surface area contributed by atoms with E-state index >= 15 is 0 Å². The molecule has 0 bridgehead atoms. The minimum absolute atomic E-state index is 0.0922. The molecule has 5 rings (SSSR count). The fourth-order valence-electron chi connectivity index (χ4n) is 4.74. The number of carbonyl (C=O) groups excluding carboxylic acids is 1. The van der Waals surface area contributed by atoms with Crippen LogP contribution in [0.25, 0.3) is 16.4 Å². The van der Waals surface area contributed by atoms with Gasteiger partial charge in [-0.1, -0.05) is 23.7 Å². The lowest BCUT2D eigenvalue weighted by atomic mass is 10.1. The van der Waals surface area contributed by atoms with Crippen molar-refractivity contribution in [3.05, 3.63) is 69.2 Å². The van der Waals surface area contributed by atoms with Gasteiger partial charge < -0.3 is 14.5 Å². The number of nitrogens with zero attached hydrogens (tertiary/aromatic N) is 5. The number of carbonyl (C=O) groups is 1. The number of hydrogen-bond donors (Lipinski definition) is 0. The quantitative estimate of drug-likeness (QED) is 0.449. The standard InChI is InChI=1S/C25H26ClN5O3/c1-16-7-8-18(26)13-21(16)28-9-11-29(12-10-28)24(32)15-30-25(33)22-14-19-20(31(22)17(2)27-30)5-4-6-23(19)34-3/h4-8,13-14H,9-12,15H2,1-3H3. The molecule has 8 nitrogen and oxygen atoms in total. The van der Waals surface area contributed by atoms with E-state index in [9.17, 15) is 9.59 Å². The lowest BCUT2D eigenvalue weighted by Gasteiger charge is -2.37. The highest BCUT2D eigenvalue weighted by molar-refractivity contribution is 6.30. The number of amides is 1. The van der Waals surface area contributed by atoms with Crippen molar-refractivity contribution in [1.82, 2.24) is 19.1 Å². The number of piperazine rings is 1. The van der Waals surface area contributed by atoms with Crippen LogP contribution in [-0.2, 0) is 11.3 Å². The molecule has 0 atom stereocenters. The zero-order chi connectivity index (χ0) is 24.0. The number of fused-ring (bicyclic) bond motifs is 3. The van der Waals surface area contributed by atoms with Gasteiger partial charge in [0.1, 0.15) is 23.6 Å². The summed E-state index contributed by atoms with van der Waals surface area (Å²) >= 11 is 6.18. The second-order valence-electron chi connectivity index (χ2n) is 8.57. The molecule has 0 spiro atoms. The molecule has 34 heavy (non-hydrogen) atoms. The molecule has 1 aliphatic rings. The van der Waals surface area contributed by atoms with E-state index in [-0.39, 0.29) is 18.0 Å². The molecule has 4 aromatic rings. The van der Waals surface area contributed by atoms with Crippen LogP contribution in [0, 0.1) is 13.8 Å². The van der Waals surface area contributed by atoms with Gasteiger partial charge >= 0.3 is 0 Å². The second-order valence-corrected chi connectivity index (χ2v) is 9.00. The molecule has 1 amide bonds. The third-order valence-electron chi connectivity index (χ3n) is 6.50. The Morgan fingerprint density at radius 2 is 1.82 bits per heavy atom. The van der Waals surface area contributed by atoms with Crippen molar-refractivity contribution in [2.75, 3.05) is 38.2 Å². The van der Waals surface area contributed by atoms with Crippen molar-refractivity contribution < 1.29 is 9.53 Å². The van der Waals surface area contributed by atoms with Gasteiger partial charge in [-0.15, -0.1) is 0 Å². The van der Waals surface area contributed by atoms with Gasteiger partial charge in [0.05, 0.1) is 12.6 Å². The highest BCUT2D eigenvalue weighted by Gasteiger charge is 2.24. The van der Waals surface area contributed by atoms with Crippen LogP contribution in [0.2, 0.25) is 5.02 Å². The highest BCUT2D eigenvalue weighted by atomic mass is 35.5. The topological polar surface area (TPSA) is 72.1 Å². The summed E-state index contributed by atoms with van der Waals surface area (Å²) < 4.78 is 8.53. The first-order valence-corrected chi connectivity index (χ1v) is 11.6. The van der Waals surface area contributed by atoms with E-state index in [4.69, 9.17) is 16.3 Å². The Labute approximate surface area is 201 Å². The van der Waals surface area contributed by atoms with Gasteiger partial charge in [0.25, 0.3) is 5.56 Å². The number of anilines is 1. The van der Waals surface area contributed by atoms with Crippen molar-refractivity contribution in [3.63, 3.8) is 0 Å². The molecule has 0 saturated carbocycles. The van der Waals surface area contributed by atoms with Crippen LogP contribution in [-0.4, -0.2) is 58.3 Å². The zero-order valence-corrected chi connectivity index (χ0v) is 20.2. The van der Waals surface area contributed by atoms with E-state index in [2.05, 4.69) is 16.9 Å². The third kappa shape index (κ3) is 3.77. The van der Waals surface area contributed by atoms with Crippen molar-refractivity contribution in [2.24, 2.45) is 0 Å². The van der Waals surface area contributed by atoms with Crippen LogP contribution in [0.5, 0.6) is 5.75 Å². The average Bonchev–Trinajstić information content (AvgIpc) is 3.24. The Kier molecular flexibility index (Phi) is 5.69. The highest BCUT2D eigenvalue weighted by Crippen LogP contribution is 2.28. The van der Waals surface area contributed by atoms with Crippen molar-refractivity contribution >= 4 is 39.6 Å². The fourth-order valence-corrected chi connectivity index (χ4v) is 4.91. The molecule has 3 heterocycles. The minimum atomic E-state index is -0.301. The maximum atomic E-state index is 13.2. The first-order valence-electron chi connectivity index (χ1n) is 11.2. The van der Waals surface area contributed by atoms with Gasteiger partial charge in [-0.3, -0.25) is 14.0 Å². The van der Waals surface area contributed by atoms with Gasteiger partial charge in [0.2, 0.25) is 5.91 Å². The van der Waals surface area contributed by atoms with Crippen molar-refractivity contribution in [1.29, 1.82) is 0 Å². The van der Waals surface area contributed by atoms with Crippen molar-refractivity contribution in [3.8, 4) is 5.75 Å². The first-order chi connectivity index (χ1) is 16.4. The van der Waals surface area contributed by atoms with E-state index in [0.29, 0.717) is 48.3 Å². The maximum absolute atomic E-state index is 13.2. The first kappa shape index (κ1) is 22.3. The smallest absolute Gasteiger partial charge is 0.291 e. The number of ether oxygens (including phenoxy) is 1. The van der Waals surface area contributed by atoms with Crippen LogP contribution in [0.3, 0.4) is 0 Å². The van der Waals surface area contributed by atoms with Crippen LogP contribution in [0.4, 0.5) is 5.69 Å². The largest absolute Gasteiger partial charge is 0.496 e. The summed E-state index contributed by atoms with van der Waals surface area (Å²) in [6.07, 6.45) is 0. The number of halogens is 1. The maximum Gasteiger partial charge on any atom is 0.291 e. The van der Waals surface area contributed by atoms with Gasteiger partial charge in [0.15, 0.2) is 0 Å². The summed E-state index contributed by atoms with van der Waals surface area (Å²) in [5.74, 6) is 1.21. The summed E-state index contributed by atoms with van der Waals surface area (Å²) in [7, 11) is 1.60. The number of benzene rings is 2. The monoisotopic (exact) mass is 479 g/mol. The second kappa shape index (κ2) is 8.68. The molecule has 176 valence electrons. The molecule has 0 radical (unpaired) electrons. The lowest BCUT2D eigenvalue weighted by molar-refractivity contribution is -0.132. The van der Waals surface area contributed by atoms with Crippen molar-refractivity contribution in [2.45, 2.75) is 20.4 Å². The number of methoxy groups -OCH3 is 1. The third-order valence-corrected chi connectivity index (χ3v) is 6.73. The van der Waals surface area contributed by atoms with E-state index in [1.54, 1.807) is 18.1 Å². The SMILES string of the molecule is COc1cccc2c1cc1c(=O)n(CC(=O)N3CCN(c4cc(Cl)ccc4C)CC3)nc(C)n12. The predicted molar refractivity (Wildman–Crippen MR) is 133 cm³/mol. The van der Waals surface area contributed by atoms with Crippen LogP contribution in [0.15, 0.2) is 47.3 Å². The Balaban J connectivity index is 1.37. The van der Waals surface area contributed by atoms with Gasteiger partial charge in [-0.2, -0.15) is 5.10 Å². The number of aromatic nitrogens is 3. The molecule has 2 aromatic carbocycles. The number of hydrogen-bond acceptors (Lipinski definition) is 5. The molecule has 9 heteroatoms. The van der Waals surface area contributed by atoms with Crippen LogP contribution in [0.1, 0.15) is 11.4 Å². The average molecular weight is 480 g/mol. The molecular weight excluding hydrogens is 454 g/mol. The summed E-state index contributed by atoms with van der Waals surface area (Å²) in [6, 6.07) is 13.3. The van der Waals surface area contributed by atoms with E-state index in [1.165, 1.54) is 4.68 Å². The molecule has 2 aromatic heterocycles. The normalized spacial score (nSPS) is 14.2. The Morgan fingerprint density at radius 1 is 1.06 bits per heavy atom. The van der Waals surface area contributed by atoms with Gasteiger partial charge in [0, 0.05) is 42.3 Å². The van der Waals surface area contributed by atoms with Crippen LogP contribution >= 0.6 is 11.6 Å². The predicted octanol–water partition coefficient (Wildman–Crippen LogP) is 3.28. The molecule has 1 aliphatic heterocycles. The minimum Gasteiger partial charge on any atom is -0.496 e. The molecular formula is C25H26ClN5O3. The number of rotatable bonds is 4. The Bertz CT molecular complexity index is 1470. The molecule has 0 aliphatic carbocycles. The fraction of sp³-hybridized carbons (Fsp3) is 0.320. The lowest BCUT2D eigenvalue weighted by Crippen LogP contribution is -2.50. The molecule has 0 unspecified atom stereocenters. The van der Waals surface area contributed by atoms with Gasteiger partial charge in [-0.05, 0) is 49.7 Å². The summed E-state index contributed by atoms with van der Waals surface area (Å²) in [4.78, 5) is 30.3. The molecule has 0 N–H and O–H groups in total. The Hall–Kier alpha value is -3.52. The van der Waals surface area contributed by atoms with E-state index in [0.717, 1.165) is 22.2 Å². The van der Waals surface area contributed by atoms with Crippen LogP contribution < -0.4 is 15.2 Å². The molecule has 1 saturated heterocycles. The summed E-state index contributed by atoms with van der Waals surface area (Å²) in [5, 5.41) is 5.99. The van der Waals surface area contributed by atoms with E-state index < -0.39 is 0 Å². The zero-order valence-electron chi connectivity index (χ0n) is 19.4. The molecule has 1 fully saturated rings. The van der Waals surface area contributed by atoms with Gasteiger partial charge in [-0.25, -0.2) is 4.68 Å². The summed E-state index contributed by atoms with van der Waals surface area (Å²) in [5.41, 5.74) is 3.27. The van der Waals surface area contributed by atoms with E-state index in [1.807, 2.05) is 47.7 Å².